The molecule has 0 aliphatic carbocycles. The molecule has 0 radical (unpaired) electrons. The van der Waals surface area contributed by atoms with E-state index in [1.165, 1.54) is 0 Å². The van der Waals surface area contributed by atoms with Crippen molar-refractivity contribution in [2.45, 2.75) is 13.0 Å². The van der Waals surface area contributed by atoms with Gasteiger partial charge in [0.25, 0.3) is 0 Å². The number of rotatable bonds is 2. The number of aliphatic hydroxyl groups excluding tert-OH is 1. The van der Waals surface area contributed by atoms with Crippen LogP contribution < -0.4 is 0 Å². The summed E-state index contributed by atoms with van der Waals surface area (Å²) in [4.78, 5) is 1.04. The Bertz CT molecular complexity index is 207. The third kappa shape index (κ3) is 1.54. The van der Waals surface area contributed by atoms with Crippen LogP contribution in [0.2, 0.25) is 0 Å². The Morgan fingerprint density at radius 3 is 2.90 bits per heavy atom. The molecule has 1 atom stereocenters. The van der Waals surface area contributed by atoms with Crippen LogP contribution in [0.1, 0.15) is 16.5 Å². The average molecular weight is 174 g/mol. The quantitative estimate of drug-likeness (QED) is 0.657. The SMILES string of the molecule is Cc1ccsc1C(O)CS. The highest BCUT2D eigenvalue weighted by Crippen LogP contribution is 2.23. The van der Waals surface area contributed by atoms with Crippen LogP contribution in [-0.4, -0.2) is 10.9 Å². The van der Waals surface area contributed by atoms with Crippen LogP contribution in [0.5, 0.6) is 0 Å². The van der Waals surface area contributed by atoms with Gasteiger partial charge in [0.1, 0.15) is 0 Å². The second-order valence-corrected chi connectivity index (χ2v) is 3.48. The summed E-state index contributed by atoms with van der Waals surface area (Å²) in [5.74, 6) is 0.501. The molecule has 0 bridgehead atoms. The largest absolute Gasteiger partial charge is 0.387 e. The normalized spacial score (nSPS) is 13.5. The fourth-order valence-electron chi connectivity index (χ4n) is 0.809. The van der Waals surface area contributed by atoms with Crippen LogP contribution in [-0.2, 0) is 0 Å². The molecule has 1 aromatic heterocycles. The predicted octanol–water partition coefficient (Wildman–Crippen LogP) is 2.02. The van der Waals surface area contributed by atoms with Crippen molar-refractivity contribution in [3.63, 3.8) is 0 Å². The number of aryl methyl sites for hydroxylation is 1. The van der Waals surface area contributed by atoms with Crippen molar-refractivity contribution >= 4 is 24.0 Å². The molecule has 1 nitrogen and oxygen atoms in total. The summed E-state index contributed by atoms with van der Waals surface area (Å²) in [7, 11) is 0. The lowest BCUT2D eigenvalue weighted by molar-refractivity contribution is 0.208. The minimum absolute atomic E-state index is 0.386. The van der Waals surface area contributed by atoms with Crippen molar-refractivity contribution in [3.8, 4) is 0 Å². The molecule has 0 aliphatic heterocycles. The molecular weight excluding hydrogens is 164 g/mol. The third-order valence-corrected chi connectivity index (χ3v) is 2.84. The summed E-state index contributed by atoms with van der Waals surface area (Å²) >= 11 is 5.59. The lowest BCUT2D eigenvalue weighted by atomic mass is 10.2. The van der Waals surface area contributed by atoms with E-state index in [1.54, 1.807) is 11.3 Å². The number of hydrogen-bond acceptors (Lipinski definition) is 3. The number of thiophene rings is 1. The highest BCUT2D eigenvalue weighted by atomic mass is 32.1. The molecule has 10 heavy (non-hydrogen) atoms. The zero-order chi connectivity index (χ0) is 7.56. The van der Waals surface area contributed by atoms with E-state index in [0.717, 1.165) is 10.4 Å². The van der Waals surface area contributed by atoms with Crippen LogP contribution in [0.3, 0.4) is 0 Å². The van der Waals surface area contributed by atoms with Gasteiger partial charge < -0.3 is 5.11 Å². The molecule has 0 fully saturated rings. The first-order valence-electron chi connectivity index (χ1n) is 3.08. The molecule has 1 unspecified atom stereocenters. The monoisotopic (exact) mass is 174 g/mol. The molecule has 1 heterocycles. The summed E-state index contributed by atoms with van der Waals surface area (Å²) < 4.78 is 0. The first-order chi connectivity index (χ1) is 4.75. The van der Waals surface area contributed by atoms with E-state index in [9.17, 15) is 5.11 Å². The van der Waals surface area contributed by atoms with Gasteiger partial charge in [0.2, 0.25) is 0 Å². The zero-order valence-corrected chi connectivity index (χ0v) is 7.45. The molecule has 0 spiro atoms. The summed E-state index contributed by atoms with van der Waals surface area (Å²) in [5, 5.41) is 11.3. The maximum Gasteiger partial charge on any atom is 0.0972 e. The van der Waals surface area contributed by atoms with Gasteiger partial charge >= 0.3 is 0 Å². The summed E-state index contributed by atoms with van der Waals surface area (Å²) in [6.45, 7) is 2.00. The van der Waals surface area contributed by atoms with Crippen molar-refractivity contribution in [1.29, 1.82) is 0 Å². The fourth-order valence-corrected chi connectivity index (χ4v) is 2.03. The van der Waals surface area contributed by atoms with Gasteiger partial charge in [-0.25, -0.2) is 0 Å². The average Bonchev–Trinajstić information content (AvgIpc) is 2.34. The molecule has 1 N–H and O–H groups in total. The highest BCUT2D eigenvalue weighted by molar-refractivity contribution is 7.80. The van der Waals surface area contributed by atoms with Gasteiger partial charge in [-0.1, -0.05) is 0 Å². The fraction of sp³-hybridized carbons (Fsp3) is 0.429. The smallest absolute Gasteiger partial charge is 0.0972 e. The summed E-state index contributed by atoms with van der Waals surface area (Å²) in [5.41, 5.74) is 1.16. The van der Waals surface area contributed by atoms with Gasteiger partial charge in [0.15, 0.2) is 0 Å². The van der Waals surface area contributed by atoms with Crippen molar-refractivity contribution in [2.24, 2.45) is 0 Å². The summed E-state index contributed by atoms with van der Waals surface area (Å²) in [6, 6.07) is 2.01. The van der Waals surface area contributed by atoms with Crippen molar-refractivity contribution in [2.75, 3.05) is 5.75 Å². The van der Waals surface area contributed by atoms with Crippen molar-refractivity contribution < 1.29 is 5.11 Å². The minimum atomic E-state index is -0.386. The van der Waals surface area contributed by atoms with Gasteiger partial charge in [-0.15, -0.1) is 11.3 Å². The number of aliphatic hydroxyl groups is 1. The Hall–Kier alpha value is 0.01000. The summed E-state index contributed by atoms with van der Waals surface area (Å²) in [6.07, 6.45) is -0.386. The van der Waals surface area contributed by atoms with Crippen LogP contribution >= 0.6 is 24.0 Å². The lowest BCUT2D eigenvalue weighted by Crippen LogP contribution is -1.96. The molecule has 1 aromatic rings. The van der Waals surface area contributed by atoms with Gasteiger partial charge in [0, 0.05) is 10.6 Å². The zero-order valence-electron chi connectivity index (χ0n) is 5.74. The molecule has 56 valence electrons. The standard InChI is InChI=1S/C7H10OS2/c1-5-2-3-10-7(5)6(8)4-9/h2-3,6,8-9H,4H2,1H3. The Labute approximate surface area is 70.1 Å². The van der Waals surface area contributed by atoms with E-state index < -0.39 is 0 Å². The Kier molecular flexibility index (Phi) is 2.77. The maximum atomic E-state index is 9.33. The molecule has 1 rings (SSSR count). The molecular formula is C7H10OS2. The van der Waals surface area contributed by atoms with Crippen molar-refractivity contribution in [3.05, 3.63) is 21.9 Å². The van der Waals surface area contributed by atoms with Gasteiger partial charge in [-0.05, 0) is 23.9 Å². The van der Waals surface area contributed by atoms with E-state index in [1.807, 2.05) is 18.4 Å². The topological polar surface area (TPSA) is 20.2 Å². The molecule has 0 aromatic carbocycles. The second kappa shape index (κ2) is 3.42. The molecule has 0 saturated carbocycles. The Morgan fingerprint density at radius 2 is 2.50 bits per heavy atom. The lowest BCUT2D eigenvalue weighted by Gasteiger charge is -2.04. The van der Waals surface area contributed by atoms with Crippen LogP contribution in [0.15, 0.2) is 11.4 Å². The van der Waals surface area contributed by atoms with Crippen LogP contribution in [0.4, 0.5) is 0 Å². The van der Waals surface area contributed by atoms with Gasteiger partial charge in [0.05, 0.1) is 6.10 Å². The van der Waals surface area contributed by atoms with E-state index >= 15 is 0 Å². The maximum absolute atomic E-state index is 9.33. The van der Waals surface area contributed by atoms with E-state index in [2.05, 4.69) is 12.6 Å². The number of hydrogen-bond donors (Lipinski definition) is 2. The predicted molar refractivity (Wildman–Crippen MR) is 47.9 cm³/mol. The first-order valence-corrected chi connectivity index (χ1v) is 4.60. The van der Waals surface area contributed by atoms with E-state index in [4.69, 9.17) is 0 Å². The van der Waals surface area contributed by atoms with Gasteiger partial charge in [-0.2, -0.15) is 12.6 Å². The second-order valence-electron chi connectivity index (χ2n) is 2.17. The molecule has 0 amide bonds. The Morgan fingerprint density at radius 1 is 1.80 bits per heavy atom. The number of thiol groups is 1. The third-order valence-electron chi connectivity index (χ3n) is 1.38. The highest BCUT2D eigenvalue weighted by Gasteiger charge is 2.08. The van der Waals surface area contributed by atoms with Crippen LogP contribution in [0, 0.1) is 6.92 Å². The van der Waals surface area contributed by atoms with E-state index in [0.29, 0.717) is 5.75 Å². The molecule has 0 aliphatic rings. The minimum Gasteiger partial charge on any atom is -0.387 e. The Balaban J connectivity index is 2.82. The van der Waals surface area contributed by atoms with Crippen LogP contribution in [0.25, 0.3) is 0 Å². The van der Waals surface area contributed by atoms with Gasteiger partial charge in [-0.3, -0.25) is 0 Å². The molecule has 3 heteroatoms. The van der Waals surface area contributed by atoms with Crippen molar-refractivity contribution in [1.82, 2.24) is 0 Å². The van der Waals surface area contributed by atoms with E-state index in [-0.39, 0.29) is 6.10 Å². The first kappa shape index (κ1) is 8.11. The molecule has 0 saturated heterocycles.